The maximum absolute atomic E-state index is 6.08. The van der Waals surface area contributed by atoms with Crippen LogP contribution in [0.25, 0.3) is 21.5 Å². The molecule has 0 saturated carbocycles. The van der Waals surface area contributed by atoms with Crippen LogP contribution in [0.4, 0.5) is 0 Å². The van der Waals surface area contributed by atoms with Gasteiger partial charge in [-0.15, -0.1) is 0 Å². The minimum absolute atomic E-state index is 0.304. The summed E-state index contributed by atoms with van der Waals surface area (Å²) < 4.78 is 35.2. The molecule has 0 amide bonds. The van der Waals surface area contributed by atoms with E-state index >= 15 is 0 Å². The van der Waals surface area contributed by atoms with Gasteiger partial charge in [0.05, 0.1) is 6.61 Å². The van der Waals surface area contributed by atoms with Crippen molar-refractivity contribution in [2.45, 2.75) is 245 Å². The molecule has 0 fully saturated rings. The SMILES string of the molecule is CC(C)(C)CCCOc1ccccc1.CC(C)(C)Cc1ccc(Oc2cccc3ccccc23)cc1.CC(C)(C)Cc1ccc(Oc2ccccc2)cc1.CC(C)(C)Cc1ccc2ccccc2c1.Cc1cc(Oc2ccc(CC(C)(C)C)cc2)cc(C)c1C.Cc1cc(Oc2ccc(CC(C)(C)C)cc2)cc(C)c1C.Cc1ccc(Oc2ccc(CC(C)(C)C)cc2)cc1. The Balaban J connectivity index is 0.000000188. The van der Waals surface area contributed by atoms with E-state index in [1.807, 2.05) is 121 Å². The minimum atomic E-state index is 0.304. The largest absolute Gasteiger partial charge is 0.494 e. The molecule has 0 spiro atoms. The highest BCUT2D eigenvalue weighted by Gasteiger charge is 2.19. The molecule has 0 N–H and O–H groups in total. The summed E-state index contributed by atoms with van der Waals surface area (Å²) in [5.41, 5.74) is 19.5. The number of benzene rings is 14. The van der Waals surface area contributed by atoms with Crippen LogP contribution in [0.2, 0.25) is 0 Å². The lowest BCUT2D eigenvalue weighted by molar-refractivity contribution is 0.269. The first-order chi connectivity index (χ1) is 61.1. The molecule has 6 nitrogen and oxygen atoms in total. The summed E-state index contributed by atoms with van der Waals surface area (Å²) in [7, 11) is 0. The molecule has 0 aromatic heterocycles. The van der Waals surface area contributed by atoms with Crippen LogP contribution in [-0.2, 0) is 38.5 Å². The number of ether oxygens (including phenoxy) is 6. The zero-order valence-electron chi connectivity index (χ0n) is 84.3. The van der Waals surface area contributed by atoms with Gasteiger partial charge >= 0.3 is 0 Å². The molecular formula is C124H154O6. The average molecular weight is 1740 g/mol. The Hall–Kier alpha value is -11.6. The van der Waals surface area contributed by atoms with Gasteiger partial charge in [-0.05, 0) is 348 Å². The molecule has 0 atom stereocenters. The molecule has 14 aromatic rings. The van der Waals surface area contributed by atoms with Crippen LogP contribution in [0.3, 0.4) is 0 Å². The minimum Gasteiger partial charge on any atom is -0.494 e. The lowest BCUT2D eigenvalue weighted by atomic mass is 9.87. The van der Waals surface area contributed by atoms with Crippen molar-refractivity contribution in [3.8, 4) is 63.2 Å². The molecule has 0 heterocycles. The van der Waals surface area contributed by atoms with Crippen molar-refractivity contribution >= 4 is 21.5 Å². The fraction of sp³-hybridized carbons (Fsp3) is 0.355. The van der Waals surface area contributed by atoms with Crippen molar-refractivity contribution in [1.82, 2.24) is 0 Å². The van der Waals surface area contributed by atoms with Crippen LogP contribution in [-0.4, -0.2) is 6.61 Å². The van der Waals surface area contributed by atoms with Gasteiger partial charge in [0.2, 0.25) is 0 Å². The molecule has 686 valence electrons. The molecule has 14 aromatic carbocycles. The number of hydrogen-bond acceptors (Lipinski definition) is 6. The number of para-hydroxylation sites is 2. The van der Waals surface area contributed by atoms with Gasteiger partial charge in [0.15, 0.2) is 0 Å². The van der Waals surface area contributed by atoms with Crippen molar-refractivity contribution in [1.29, 1.82) is 0 Å². The van der Waals surface area contributed by atoms with E-state index in [1.54, 1.807) is 0 Å². The van der Waals surface area contributed by atoms with Crippen molar-refractivity contribution in [3.05, 3.63) is 388 Å². The van der Waals surface area contributed by atoms with Crippen LogP contribution in [0, 0.1) is 86.4 Å². The van der Waals surface area contributed by atoms with Crippen LogP contribution in [0.5, 0.6) is 63.2 Å². The molecule has 0 bridgehead atoms. The molecule has 0 unspecified atom stereocenters. The summed E-state index contributed by atoms with van der Waals surface area (Å²) >= 11 is 0. The number of fused-ring (bicyclic) bond motifs is 2. The highest BCUT2D eigenvalue weighted by Crippen LogP contribution is 2.36. The molecule has 0 aliphatic rings. The van der Waals surface area contributed by atoms with Gasteiger partial charge in [-0.3, -0.25) is 0 Å². The van der Waals surface area contributed by atoms with Gasteiger partial charge in [-0.1, -0.05) is 339 Å². The van der Waals surface area contributed by atoms with E-state index in [4.69, 9.17) is 28.4 Å². The van der Waals surface area contributed by atoms with E-state index in [9.17, 15) is 0 Å². The van der Waals surface area contributed by atoms with Crippen molar-refractivity contribution in [2.24, 2.45) is 37.9 Å². The fourth-order valence-corrected chi connectivity index (χ4v) is 14.9. The third-order valence-corrected chi connectivity index (χ3v) is 21.4. The zero-order valence-corrected chi connectivity index (χ0v) is 84.3. The first kappa shape index (κ1) is 104. The highest BCUT2D eigenvalue weighted by molar-refractivity contribution is 5.88. The number of hydrogen-bond donors (Lipinski definition) is 0. The van der Waals surface area contributed by atoms with Gasteiger partial charge in [0, 0.05) is 5.39 Å². The monoisotopic (exact) mass is 1740 g/mol. The Morgan fingerprint density at radius 1 is 0.200 bits per heavy atom. The first-order valence-corrected chi connectivity index (χ1v) is 46.8. The lowest BCUT2D eigenvalue weighted by Gasteiger charge is -2.18. The smallest absolute Gasteiger partial charge is 0.135 e. The Bertz CT molecular complexity index is 5510. The van der Waals surface area contributed by atoms with E-state index in [0.29, 0.717) is 37.9 Å². The van der Waals surface area contributed by atoms with E-state index in [0.717, 1.165) is 120 Å². The molecule has 14 rings (SSSR count). The second-order valence-electron chi connectivity index (χ2n) is 43.6. The second-order valence-corrected chi connectivity index (χ2v) is 43.6. The zero-order chi connectivity index (χ0) is 95.0. The van der Waals surface area contributed by atoms with E-state index in [-0.39, 0.29) is 0 Å². The molecule has 0 aliphatic heterocycles. The maximum atomic E-state index is 6.08. The first-order valence-electron chi connectivity index (χ1n) is 46.8. The van der Waals surface area contributed by atoms with E-state index < -0.39 is 0 Å². The average Bonchev–Trinajstić information content (AvgIpc) is 0.818. The number of rotatable bonds is 20. The molecule has 0 radical (unpaired) electrons. The second kappa shape index (κ2) is 48.3. The topological polar surface area (TPSA) is 55.4 Å². The lowest BCUT2D eigenvalue weighted by Crippen LogP contribution is -2.08. The van der Waals surface area contributed by atoms with E-state index in [2.05, 4.69) is 388 Å². The van der Waals surface area contributed by atoms with Crippen molar-refractivity contribution in [2.75, 3.05) is 6.61 Å². The fourth-order valence-electron chi connectivity index (χ4n) is 14.9. The Morgan fingerprint density at radius 2 is 0.469 bits per heavy atom. The van der Waals surface area contributed by atoms with Gasteiger partial charge in [0.25, 0.3) is 0 Å². The third-order valence-electron chi connectivity index (χ3n) is 21.4. The Kier molecular flexibility index (Phi) is 38.6. The summed E-state index contributed by atoms with van der Waals surface area (Å²) in [5, 5.41) is 5.02. The van der Waals surface area contributed by atoms with Crippen LogP contribution < -0.4 is 28.4 Å². The van der Waals surface area contributed by atoms with Gasteiger partial charge in [0.1, 0.15) is 63.2 Å². The predicted octanol–water partition coefficient (Wildman–Crippen LogP) is 37.0. The molecule has 6 heteroatoms. The van der Waals surface area contributed by atoms with Crippen LogP contribution in [0.1, 0.15) is 231 Å². The summed E-state index contributed by atoms with van der Waals surface area (Å²) in [6.07, 6.45) is 8.86. The molecular weight excluding hydrogens is 1590 g/mol. The Morgan fingerprint density at radius 3 is 0.815 bits per heavy atom. The highest BCUT2D eigenvalue weighted by atomic mass is 16.5. The molecule has 0 aliphatic carbocycles. The summed E-state index contributed by atoms with van der Waals surface area (Å²) in [4.78, 5) is 0. The quantitative estimate of drug-likeness (QED) is 0.0709. The van der Waals surface area contributed by atoms with Crippen LogP contribution >= 0.6 is 0 Å². The number of aryl methyl sites for hydroxylation is 5. The Labute approximate surface area is 785 Å². The summed E-state index contributed by atoms with van der Waals surface area (Å²) in [6, 6.07) is 108. The third kappa shape index (κ3) is 40.6. The maximum Gasteiger partial charge on any atom is 0.135 e. The molecule has 0 saturated heterocycles. The predicted molar refractivity (Wildman–Crippen MR) is 559 cm³/mol. The standard InChI is InChI=1S/C21H22O.2C20H26O.C18H22O.C17H20O.C15H18.C13H20O/c1-21(2,3)15-16-11-13-18(14-12-16)22-20-10-6-8-17-7-4-5-9-19(17)20;2*1-14-11-19(12-15(2)16(14)3)21-18-9-7-17(8-10-18)13-20(4,5)6;1-14-5-9-16(10-6-14)19-17-11-7-15(8-12-17)13-18(2,3)4;1-17(2,3)13-14-9-11-16(12-10-14)18-15-7-5-4-6-8-15;1-15(2,3)11-12-8-9-13-6-4-5-7-14(13)10-12;1-13(2,3)10-7-11-14-12-8-5-4-6-9-12/h4-14H,15H2,1-3H3;2*7-12H,13H2,1-6H3;5-12H,13H2,1-4H3;4-12H,13H2,1-3H3;4-10H,11H2,1-3H3;4-6,8-9H,7,10-11H2,1-3H3. The molecule has 130 heavy (non-hydrogen) atoms. The summed E-state index contributed by atoms with van der Waals surface area (Å²) in [6.45, 7) is 63.2. The van der Waals surface area contributed by atoms with E-state index in [1.165, 1.54) is 94.9 Å². The van der Waals surface area contributed by atoms with Gasteiger partial charge in [-0.2, -0.15) is 0 Å². The summed E-state index contributed by atoms with van der Waals surface area (Å²) in [5.74, 6) is 9.93. The normalized spacial score (nSPS) is 11.5. The van der Waals surface area contributed by atoms with Crippen molar-refractivity contribution < 1.29 is 28.4 Å². The van der Waals surface area contributed by atoms with Gasteiger partial charge in [-0.25, -0.2) is 0 Å². The van der Waals surface area contributed by atoms with Crippen molar-refractivity contribution in [3.63, 3.8) is 0 Å². The van der Waals surface area contributed by atoms with Gasteiger partial charge < -0.3 is 28.4 Å². The van der Waals surface area contributed by atoms with Crippen LogP contribution in [0.15, 0.2) is 315 Å².